The molecule has 35 heavy (non-hydrogen) atoms. The van der Waals surface area contributed by atoms with Gasteiger partial charge in [0.05, 0.1) is 12.1 Å². The fraction of sp³-hybridized carbons (Fsp3) is 0.690. The van der Waals surface area contributed by atoms with Crippen LogP contribution in [0, 0.1) is 23.2 Å². The van der Waals surface area contributed by atoms with E-state index in [9.17, 15) is 18.7 Å². The summed E-state index contributed by atoms with van der Waals surface area (Å²) in [5.41, 5.74) is 1.29. The average molecular weight is 491 g/mol. The second-order valence-corrected chi connectivity index (χ2v) is 12.1. The van der Waals surface area contributed by atoms with Gasteiger partial charge in [-0.3, -0.25) is 4.79 Å². The van der Waals surface area contributed by atoms with Gasteiger partial charge in [-0.1, -0.05) is 45.9 Å². The van der Waals surface area contributed by atoms with Crippen LogP contribution in [-0.2, 0) is 4.79 Å². The molecule has 1 amide bonds. The summed E-state index contributed by atoms with van der Waals surface area (Å²) >= 11 is 0. The maximum Gasteiger partial charge on any atom is 0.217 e. The van der Waals surface area contributed by atoms with Crippen LogP contribution in [0.1, 0.15) is 79.6 Å². The molecule has 3 rings (SSSR count). The van der Waals surface area contributed by atoms with E-state index in [0.29, 0.717) is 18.4 Å². The lowest BCUT2D eigenvalue weighted by Crippen LogP contribution is -2.57. The van der Waals surface area contributed by atoms with Crippen molar-refractivity contribution < 1.29 is 18.7 Å². The van der Waals surface area contributed by atoms with E-state index in [1.165, 1.54) is 18.6 Å². The van der Waals surface area contributed by atoms with E-state index in [-0.39, 0.29) is 29.7 Å². The van der Waals surface area contributed by atoms with Gasteiger partial charge in [-0.15, -0.1) is 0 Å². The van der Waals surface area contributed by atoms with Crippen LogP contribution in [0.4, 0.5) is 8.78 Å². The number of hydrogen-bond donors (Lipinski definition) is 3. The van der Waals surface area contributed by atoms with Crippen molar-refractivity contribution >= 4 is 5.91 Å². The van der Waals surface area contributed by atoms with Gasteiger partial charge < -0.3 is 15.7 Å². The quantitative estimate of drug-likeness (QED) is 0.388. The number of carbonyl (C=O) groups excluding carboxylic acids is 1. The highest BCUT2D eigenvalue weighted by Gasteiger charge is 2.41. The second kappa shape index (κ2) is 11.5. The summed E-state index contributed by atoms with van der Waals surface area (Å²) in [5, 5.41) is 17.7. The molecule has 3 aliphatic rings. The van der Waals surface area contributed by atoms with E-state index in [2.05, 4.69) is 56.6 Å². The number of aliphatic hydroxyl groups is 1. The third-order valence-corrected chi connectivity index (χ3v) is 8.03. The number of β-amino-alcohol motifs (C(OH)–C–C–N with tert-alkyl or cyclic N) is 1. The first kappa shape index (κ1) is 27.8. The van der Waals surface area contributed by atoms with Crippen LogP contribution in [0.25, 0.3) is 0 Å². The Morgan fingerprint density at radius 1 is 1.23 bits per heavy atom. The SMILES string of the molecule is CC(=O)N[C@@H](CC1C=C(F)C=C(F)C1)C(O)CNC1(C2C=C(C(C)(C)C)C=CC2)CCC(C)CC1. The average Bonchev–Trinajstić information content (AvgIpc) is 2.77. The standard InChI is InChI=1S/C29H44F2N2O2/c1-19-9-11-29(12-10-19,23-8-6-7-22(16-23)28(3,4)5)32-18-27(35)26(33-20(2)34)15-21-13-24(30)17-25(31)14-21/h6-7,13,16-17,19,21,23,26-27,32,35H,8-12,14-15,18H2,1-5H3,(H,33,34)/t19?,21?,23?,26-,27?,29?/m0/s1. The molecule has 4 nitrogen and oxygen atoms in total. The van der Waals surface area contributed by atoms with Gasteiger partial charge in [0.25, 0.3) is 0 Å². The summed E-state index contributed by atoms with van der Waals surface area (Å²) in [6.07, 6.45) is 14.0. The minimum absolute atomic E-state index is 0.0703. The smallest absolute Gasteiger partial charge is 0.217 e. The summed E-state index contributed by atoms with van der Waals surface area (Å²) in [5.74, 6) is -0.766. The van der Waals surface area contributed by atoms with Crippen LogP contribution < -0.4 is 10.6 Å². The molecule has 1 fully saturated rings. The van der Waals surface area contributed by atoms with Gasteiger partial charge in [0.2, 0.25) is 5.91 Å². The maximum absolute atomic E-state index is 13.8. The molecule has 0 heterocycles. The van der Waals surface area contributed by atoms with Gasteiger partial charge in [-0.25, -0.2) is 8.78 Å². The van der Waals surface area contributed by atoms with Gasteiger partial charge in [-0.05, 0) is 73.3 Å². The largest absolute Gasteiger partial charge is 0.390 e. The second-order valence-electron chi connectivity index (χ2n) is 12.1. The van der Waals surface area contributed by atoms with Gasteiger partial charge in [0, 0.05) is 31.5 Å². The fourth-order valence-electron chi connectivity index (χ4n) is 5.82. The Morgan fingerprint density at radius 2 is 1.91 bits per heavy atom. The first-order valence-electron chi connectivity index (χ1n) is 13.2. The van der Waals surface area contributed by atoms with Gasteiger partial charge in [-0.2, -0.15) is 0 Å². The Labute approximate surface area is 210 Å². The Kier molecular flexibility index (Phi) is 9.14. The number of aliphatic hydroxyl groups excluding tert-OH is 1. The number of rotatable bonds is 8. The summed E-state index contributed by atoms with van der Waals surface area (Å²) in [6.45, 7) is 10.7. The third-order valence-electron chi connectivity index (χ3n) is 8.03. The van der Waals surface area contributed by atoms with Crippen LogP contribution in [0.2, 0.25) is 0 Å². The minimum atomic E-state index is -0.870. The lowest BCUT2D eigenvalue weighted by molar-refractivity contribution is -0.120. The van der Waals surface area contributed by atoms with Crippen LogP contribution in [0.3, 0.4) is 0 Å². The number of halogens is 2. The lowest BCUT2D eigenvalue weighted by Gasteiger charge is -2.47. The molecule has 0 radical (unpaired) electrons. The highest BCUT2D eigenvalue weighted by molar-refractivity contribution is 5.73. The Morgan fingerprint density at radius 3 is 2.51 bits per heavy atom. The third kappa shape index (κ3) is 7.60. The van der Waals surface area contributed by atoms with Crippen molar-refractivity contribution in [1.82, 2.24) is 10.6 Å². The van der Waals surface area contributed by atoms with Crippen LogP contribution in [0.15, 0.2) is 47.6 Å². The zero-order valence-corrected chi connectivity index (χ0v) is 22.0. The zero-order valence-electron chi connectivity index (χ0n) is 22.0. The number of hydrogen-bond acceptors (Lipinski definition) is 3. The molecule has 0 spiro atoms. The maximum atomic E-state index is 13.8. The number of allylic oxidation sites excluding steroid dienone is 7. The Balaban J connectivity index is 1.75. The van der Waals surface area contributed by atoms with Gasteiger partial charge in [0.15, 0.2) is 0 Å². The highest BCUT2D eigenvalue weighted by atomic mass is 19.1. The fourth-order valence-corrected chi connectivity index (χ4v) is 5.82. The van der Waals surface area contributed by atoms with Gasteiger partial charge in [0.1, 0.15) is 11.7 Å². The molecule has 196 valence electrons. The van der Waals surface area contributed by atoms with Gasteiger partial charge >= 0.3 is 0 Å². The predicted octanol–water partition coefficient (Wildman–Crippen LogP) is 6.06. The van der Waals surface area contributed by atoms with Crippen molar-refractivity contribution in [2.24, 2.45) is 23.2 Å². The molecular formula is C29H44F2N2O2. The van der Waals surface area contributed by atoms with E-state index < -0.39 is 29.7 Å². The molecule has 3 unspecified atom stereocenters. The molecule has 0 aliphatic heterocycles. The molecule has 6 heteroatoms. The molecule has 0 aromatic carbocycles. The predicted molar refractivity (Wildman–Crippen MR) is 138 cm³/mol. The Bertz CT molecular complexity index is 876. The molecule has 0 bridgehead atoms. The topological polar surface area (TPSA) is 61.4 Å². The van der Waals surface area contributed by atoms with E-state index in [1.54, 1.807) is 0 Å². The van der Waals surface area contributed by atoms with Crippen molar-refractivity contribution in [2.45, 2.75) is 97.2 Å². The molecule has 0 saturated heterocycles. The van der Waals surface area contributed by atoms with E-state index >= 15 is 0 Å². The molecule has 4 atom stereocenters. The number of nitrogens with one attached hydrogen (secondary N) is 2. The monoisotopic (exact) mass is 490 g/mol. The van der Waals surface area contributed by atoms with Crippen molar-refractivity contribution in [1.29, 1.82) is 0 Å². The molecule has 3 N–H and O–H groups in total. The van der Waals surface area contributed by atoms with Crippen LogP contribution in [0.5, 0.6) is 0 Å². The van der Waals surface area contributed by atoms with Crippen molar-refractivity contribution in [3.05, 3.63) is 47.6 Å². The lowest BCUT2D eigenvalue weighted by atomic mass is 9.66. The van der Waals surface area contributed by atoms with E-state index in [1.807, 2.05) is 0 Å². The van der Waals surface area contributed by atoms with E-state index in [4.69, 9.17) is 0 Å². The van der Waals surface area contributed by atoms with Crippen molar-refractivity contribution in [3.63, 3.8) is 0 Å². The zero-order chi connectivity index (χ0) is 25.8. The van der Waals surface area contributed by atoms with E-state index in [0.717, 1.165) is 38.2 Å². The summed E-state index contributed by atoms with van der Waals surface area (Å²) < 4.78 is 27.6. The van der Waals surface area contributed by atoms with Crippen molar-refractivity contribution in [2.75, 3.05) is 6.54 Å². The summed E-state index contributed by atoms with van der Waals surface area (Å²) in [4.78, 5) is 11.9. The molecular weight excluding hydrogens is 446 g/mol. The van der Waals surface area contributed by atoms with Crippen LogP contribution in [-0.4, -0.2) is 35.2 Å². The molecule has 3 aliphatic carbocycles. The number of amides is 1. The molecule has 0 aromatic rings. The molecule has 1 saturated carbocycles. The summed E-state index contributed by atoms with van der Waals surface area (Å²) in [6, 6.07) is -0.591. The molecule has 0 aromatic heterocycles. The first-order chi connectivity index (χ1) is 16.4. The Hall–Kier alpha value is -1.79. The first-order valence-corrected chi connectivity index (χ1v) is 13.2. The highest BCUT2D eigenvalue weighted by Crippen LogP contribution is 2.43. The summed E-state index contributed by atoms with van der Waals surface area (Å²) in [7, 11) is 0. The number of carbonyl (C=O) groups is 1. The van der Waals surface area contributed by atoms with Crippen molar-refractivity contribution in [3.8, 4) is 0 Å². The normalized spacial score (nSPS) is 31.2. The minimum Gasteiger partial charge on any atom is -0.390 e. The van der Waals surface area contributed by atoms with Crippen LogP contribution >= 0.6 is 0 Å².